The van der Waals surface area contributed by atoms with E-state index >= 15 is 0 Å². The van der Waals surface area contributed by atoms with Gasteiger partial charge in [0.2, 0.25) is 0 Å². The maximum absolute atomic E-state index is 12.6. The van der Waals surface area contributed by atoms with Crippen molar-refractivity contribution in [3.63, 3.8) is 0 Å². The Labute approximate surface area is 163 Å². The first kappa shape index (κ1) is 19.5. The van der Waals surface area contributed by atoms with E-state index in [0.717, 1.165) is 11.3 Å². The van der Waals surface area contributed by atoms with Crippen LogP contribution in [0.5, 0.6) is 0 Å². The molecule has 1 aromatic rings. The number of methoxy groups -OCH3 is 1. The number of hydrogen-bond acceptors (Lipinski definition) is 6. The molecule has 2 aliphatic heterocycles. The Bertz CT molecular complexity index is 789. The fourth-order valence-electron chi connectivity index (χ4n) is 3.35. The molecule has 0 N–H and O–H groups in total. The van der Waals surface area contributed by atoms with Crippen molar-refractivity contribution in [1.29, 1.82) is 0 Å². The number of carbonyl (C=O) groups excluding carboxylic acids is 2. The molecule has 1 saturated heterocycles. The van der Waals surface area contributed by atoms with Crippen LogP contribution in [-0.4, -0.2) is 53.6 Å². The first-order valence-corrected chi connectivity index (χ1v) is 9.09. The normalized spacial score (nSPS) is 24.6. The SMILES string of the molecule is COC(=O)[C@@H]1CC2(CC(c3cccc(Cl)c3)=NO2)CN1C(=O)OC(C)(C)C. The third-order valence-corrected chi connectivity index (χ3v) is 4.73. The highest BCUT2D eigenvalue weighted by Crippen LogP contribution is 2.39. The van der Waals surface area contributed by atoms with Crippen LogP contribution < -0.4 is 0 Å². The van der Waals surface area contributed by atoms with Crippen LogP contribution in [0, 0.1) is 0 Å². The van der Waals surface area contributed by atoms with Crippen LogP contribution in [-0.2, 0) is 19.1 Å². The zero-order valence-electron chi connectivity index (χ0n) is 15.8. The Balaban J connectivity index is 1.80. The monoisotopic (exact) mass is 394 g/mol. The predicted octanol–water partition coefficient (Wildman–Crippen LogP) is 3.39. The lowest BCUT2D eigenvalue weighted by Gasteiger charge is -2.27. The molecule has 1 aromatic carbocycles. The highest BCUT2D eigenvalue weighted by molar-refractivity contribution is 6.31. The number of amides is 1. The van der Waals surface area contributed by atoms with Crippen molar-refractivity contribution in [2.24, 2.45) is 5.16 Å². The van der Waals surface area contributed by atoms with Crippen LogP contribution in [0.25, 0.3) is 0 Å². The zero-order valence-corrected chi connectivity index (χ0v) is 16.6. The van der Waals surface area contributed by atoms with Crippen molar-refractivity contribution < 1.29 is 23.9 Å². The number of hydrogen-bond donors (Lipinski definition) is 0. The third-order valence-electron chi connectivity index (χ3n) is 4.50. The summed E-state index contributed by atoms with van der Waals surface area (Å²) in [5.41, 5.74) is 0.122. The molecule has 1 amide bonds. The van der Waals surface area contributed by atoms with Crippen LogP contribution in [0.2, 0.25) is 5.02 Å². The largest absolute Gasteiger partial charge is 0.467 e. The van der Waals surface area contributed by atoms with Crippen LogP contribution in [0.15, 0.2) is 29.4 Å². The molecule has 1 fully saturated rings. The molecule has 1 spiro atoms. The van der Waals surface area contributed by atoms with Gasteiger partial charge in [-0.1, -0.05) is 28.9 Å². The summed E-state index contributed by atoms with van der Waals surface area (Å²) in [6.45, 7) is 5.51. The summed E-state index contributed by atoms with van der Waals surface area (Å²) >= 11 is 6.06. The summed E-state index contributed by atoms with van der Waals surface area (Å²) in [5.74, 6) is -0.502. The van der Waals surface area contributed by atoms with Gasteiger partial charge in [0, 0.05) is 23.4 Å². The maximum Gasteiger partial charge on any atom is 0.411 e. The minimum absolute atomic E-state index is 0.190. The van der Waals surface area contributed by atoms with Gasteiger partial charge in [-0.2, -0.15) is 0 Å². The summed E-state index contributed by atoms with van der Waals surface area (Å²) in [5, 5.41) is 4.80. The van der Waals surface area contributed by atoms with Crippen molar-refractivity contribution in [3.8, 4) is 0 Å². The minimum atomic E-state index is -0.784. The molecule has 27 heavy (non-hydrogen) atoms. The molecule has 2 aliphatic rings. The maximum atomic E-state index is 12.6. The van der Waals surface area contributed by atoms with Gasteiger partial charge in [0.05, 0.1) is 19.4 Å². The van der Waals surface area contributed by atoms with E-state index < -0.39 is 29.3 Å². The molecule has 0 bridgehead atoms. The molecule has 0 radical (unpaired) electrons. The Morgan fingerprint density at radius 3 is 2.74 bits per heavy atom. The fraction of sp³-hybridized carbons (Fsp3) is 0.526. The number of nitrogens with zero attached hydrogens (tertiary/aromatic N) is 2. The van der Waals surface area contributed by atoms with E-state index in [9.17, 15) is 9.59 Å². The van der Waals surface area contributed by atoms with Crippen molar-refractivity contribution in [1.82, 2.24) is 4.90 Å². The van der Waals surface area contributed by atoms with E-state index in [0.29, 0.717) is 11.4 Å². The van der Waals surface area contributed by atoms with Crippen molar-refractivity contribution in [3.05, 3.63) is 34.9 Å². The van der Waals surface area contributed by atoms with E-state index in [4.69, 9.17) is 25.9 Å². The lowest BCUT2D eigenvalue weighted by atomic mass is 9.92. The van der Waals surface area contributed by atoms with Crippen molar-refractivity contribution in [2.75, 3.05) is 13.7 Å². The summed E-state index contributed by atoms with van der Waals surface area (Å²) in [6.07, 6.45) is 0.168. The summed E-state index contributed by atoms with van der Waals surface area (Å²) in [6, 6.07) is 6.54. The highest BCUT2D eigenvalue weighted by Gasteiger charge is 2.55. The van der Waals surface area contributed by atoms with Gasteiger partial charge < -0.3 is 14.3 Å². The highest BCUT2D eigenvalue weighted by atomic mass is 35.5. The minimum Gasteiger partial charge on any atom is -0.467 e. The molecule has 3 rings (SSSR count). The van der Waals surface area contributed by atoms with Crippen molar-refractivity contribution >= 4 is 29.4 Å². The Morgan fingerprint density at radius 2 is 2.11 bits per heavy atom. The second-order valence-corrected chi connectivity index (χ2v) is 8.29. The molecule has 2 atom stereocenters. The van der Waals surface area contributed by atoms with Crippen LogP contribution >= 0.6 is 11.6 Å². The molecular weight excluding hydrogens is 372 g/mol. The molecule has 0 aliphatic carbocycles. The van der Waals surface area contributed by atoms with Crippen LogP contribution in [0.3, 0.4) is 0 Å². The first-order valence-electron chi connectivity index (χ1n) is 8.71. The molecule has 0 saturated carbocycles. The Morgan fingerprint density at radius 1 is 1.37 bits per heavy atom. The molecule has 146 valence electrons. The van der Waals surface area contributed by atoms with Crippen molar-refractivity contribution in [2.45, 2.75) is 50.9 Å². The number of rotatable bonds is 2. The predicted molar refractivity (Wildman–Crippen MR) is 99.8 cm³/mol. The smallest absolute Gasteiger partial charge is 0.411 e. The number of likely N-dealkylation sites (tertiary alicyclic amines) is 1. The van der Waals surface area contributed by atoms with Gasteiger partial charge in [0.15, 0.2) is 5.60 Å². The van der Waals surface area contributed by atoms with Crippen LogP contribution in [0.4, 0.5) is 4.79 Å². The lowest BCUT2D eigenvalue weighted by molar-refractivity contribution is -0.145. The second kappa shape index (κ2) is 7.03. The second-order valence-electron chi connectivity index (χ2n) is 7.85. The lowest BCUT2D eigenvalue weighted by Crippen LogP contribution is -2.44. The zero-order chi connectivity index (χ0) is 19.8. The first-order chi connectivity index (χ1) is 12.6. The van der Waals surface area contributed by atoms with E-state index in [1.807, 2.05) is 12.1 Å². The van der Waals surface area contributed by atoms with Gasteiger partial charge in [-0.25, -0.2) is 9.59 Å². The fourth-order valence-corrected chi connectivity index (χ4v) is 3.54. The molecule has 8 heteroatoms. The molecular formula is C19H23ClN2O5. The number of halogens is 1. The van der Waals surface area contributed by atoms with Gasteiger partial charge in [-0.3, -0.25) is 4.90 Å². The molecule has 2 heterocycles. The Hall–Kier alpha value is -2.28. The van der Waals surface area contributed by atoms with Gasteiger partial charge in [0.1, 0.15) is 11.6 Å². The number of esters is 1. The van der Waals surface area contributed by atoms with Crippen LogP contribution in [0.1, 0.15) is 39.2 Å². The third kappa shape index (κ3) is 4.18. The number of ether oxygens (including phenoxy) is 2. The average Bonchev–Trinajstić information content (AvgIpc) is 3.17. The van der Waals surface area contributed by atoms with E-state index in [-0.39, 0.29) is 13.0 Å². The molecule has 7 nitrogen and oxygen atoms in total. The number of oxime groups is 1. The van der Waals surface area contributed by atoms with Gasteiger partial charge >= 0.3 is 12.1 Å². The quantitative estimate of drug-likeness (QED) is 0.718. The standard InChI is InChI=1S/C19H23ClN2O5/c1-18(2,3)26-17(24)22-11-19(10-15(22)16(23)25-4)9-14(21-27-19)12-6-5-7-13(20)8-12/h5-8,15H,9-11H2,1-4H3/t15-,19?/m0/s1. The van der Waals surface area contributed by atoms with E-state index in [1.165, 1.54) is 12.0 Å². The average molecular weight is 395 g/mol. The van der Waals surface area contributed by atoms with E-state index in [1.54, 1.807) is 32.9 Å². The van der Waals surface area contributed by atoms with Gasteiger partial charge in [-0.15, -0.1) is 0 Å². The topological polar surface area (TPSA) is 77.4 Å². The molecule has 1 unspecified atom stereocenters. The molecule has 0 aromatic heterocycles. The Kier molecular flexibility index (Phi) is 5.08. The summed E-state index contributed by atoms with van der Waals surface area (Å²) < 4.78 is 10.3. The summed E-state index contributed by atoms with van der Waals surface area (Å²) in [4.78, 5) is 32.0. The summed E-state index contributed by atoms with van der Waals surface area (Å²) in [7, 11) is 1.30. The van der Waals surface area contributed by atoms with Gasteiger partial charge in [-0.05, 0) is 32.9 Å². The van der Waals surface area contributed by atoms with E-state index in [2.05, 4.69) is 5.16 Å². The van der Waals surface area contributed by atoms with Gasteiger partial charge in [0.25, 0.3) is 0 Å². The number of carbonyl (C=O) groups is 2. The number of benzene rings is 1.